The van der Waals surface area contributed by atoms with Gasteiger partial charge in [-0.25, -0.2) is 0 Å². The van der Waals surface area contributed by atoms with Gasteiger partial charge in [-0.2, -0.15) is 10.1 Å². The zero-order valence-corrected chi connectivity index (χ0v) is 19.9. The molecule has 1 aliphatic heterocycles. The van der Waals surface area contributed by atoms with Gasteiger partial charge < -0.3 is 11.1 Å². The molecule has 4 rings (SSSR count). The molecule has 3 N–H and O–H groups in total. The number of nitrogen functional groups attached to an aromatic ring is 1. The minimum absolute atomic E-state index is 0.156. The summed E-state index contributed by atoms with van der Waals surface area (Å²) in [5.41, 5.74) is 11.9. The molecule has 3 aromatic carbocycles. The maximum absolute atomic E-state index is 12.6. The summed E-state index contributed by atoms with van der Waals surface area (Å²) < 4.78 is 0. The van der Waals surface area contributed by atoms with E-state index in [9.17, 15) is 4.79 Å². The molecule has 6 heteroatoms. The van der Waals surface area contributed by atoms with E-state index in [0.717, 1.165) is 24.2 Å². The molecule has 0 aliphatic carbocycles. The lowest BCUT2D eigenvalue weighted by Gasteiger charge is -2.12. The Balaban J connectivity index is 0.000000286. The second-order valence-corrected chi connectivity index (χ2v) is 7.98. The molecule has 1 amide bonds. The van der Waals surface area contributed by atoms with Crippen molar-refractivity contribution in [3.8, 4) is 0 Å². The van der Waals surface area contributed by atoms with Gasteiger partial charge in [0.1, 0.15) is 0 Å². The average Bonchev–Trinajstić information content (AvgIpc) is 3.12. The van der Waals surface area contributed by atoms with E-state index in [1.165, 1.54) is 16.1 Å². The van der Waals surface area contributed by atoms with Gasteiger partial charge in [0.2, 0.25) is 0 Å². The molecule has 3 aromatic rings. The molecule has 0 radical (unpaired) electrons. The van der Waals surface area contributed by atoms with E-state index in [2.05, 4.69) is 36.4 Å². The predicted molar refractivity (Wildman–Crippen MR) is 140 cm³/mol. The van der Waals surface area contributed by atoms with Gasteiger partial charge in [-0.1, -0.05) is 61.8 Å². The van der Waals surface area contributed by atoms with Crippen molar-refractivity contribution in [3.63, 3.8) is 0 Å². The number of benzene rings is 3. The first kappa shape index (κ1) is 24.1. The highest BCUT2D eigenvalue weighted by atomic mass is 35.5. The smallest absolute Gasteiger partial charge is 0.282 e. The number of carbonyl (C=O) groups is 1. The van der Waals surface area contributed by atoms with Crippen molar-refractivity contribution >= 4 is 40.3 Å². The Kier molecular flexibility index (Phi) is 8.28. The molecule has 170 valence electrons. The predicted octanol–water partition coefficient (Wildman–Crippen LogP) is 6.45. The van der Waals surface area contributed by atoms with Gasteiger partial charge in [0.05, 0.1) is 17.0 Å². The van der Waals surface area contributed by atoms with Crippen LogP contribution in [0, 0.1) is 0 Å². The number of nitrogens with one attached hydrogen (secondary N) is 1. The number of halogens is 1. The van der Waals surface area contributed by atoms with Gasteiger partial charge >= 0.3 is 0 Å². The Labute approximate surface area is 200 Å². The van der Waals surface area contributed by atoms with Crippen LogP contribution in [0.1, 0.15) is 31.9 Å². The third kappa shape index (κ3) is 6.02. The highest BCUT2D eigenvalue weighted by molar-refractivity contribution is 6.31. The van der Waals surface area contributed by atoms with E-state index < -0.39 is 0 Å². The molecule has 0 fully saturated rings. The number of carbonyl (C=O) groups excluding carboxylic acids is 1. The Morgan fingerprint density at radius 2 is 1.55 bits per heavy atom. The van der Waals surface area contributed by atoms with Crippen molar-refractivity contribution in [2.24, 2.45) is 5.10 Å². The lowest BCUT2D eigenvalue weighted by atomic mass is 10.1. The second-order valence-electron chi connectivity index (χ2n) is 7.54. The standard InChI is InChI=1S/C19H18ClN3O.C8H11N/c1-3-14-6-4-5-7-18(14)21-12-17-13(2)22-23(19(17)24)16-10-8-15(20)9-11-16;1-2-7-5-3-4-6-8(7)9/h4-12,21H,3H2,1-2H3;3-6H,2,9H2,1H3. The summed E-state index contributed by atoms with van der Waals surface area (Å²) in [5, 5.41) is 9.61. The zero-order chi connectivity index (χ0) is 23.8. The largest absolute Gasteiger partial charge is 0.399 e. The molecule has 1 heterocycles. The number of rotatable bonds is 5. The van der Waals surface area contributed by atoms with E-state index in [1.807, 2.05) is 43.3 Å². The Bertz CT molecular complexity index is 1170. The third-order valence-electron chi connectivity index (χ3n) is 5.34. The SMILES string of the molecule is CCc1ccccc1N.CCc1ccccc1NC=C1C(=O)N(c2ccc(Cl)cc2)N=C1C. The number of nitrogens with two attached hydrogens (primary N) is 1. The first-order chi connectivity index (χ1) is 15.9. The van der Waals surface area contributed by atoms with Crippen LogP contribution in [0.4, 0.5) is 17.1 Å². The summed E-state index contributed by atoms with van der Waals surface area (Å²) in [6.07, 6.45) is 3.67. The van der Waals surface area contributed by atoms with Crippen LogP contribution in [0.5, 0.6) is 0 Å². The van der Waals surface area contributed by atoms with Gasteiger partial charge in [-0.15, -0.1) is 0 Å². The minimum atomic E-state index is -0.156. The maximum Gasteiger partial charge on any atom is 0.282 e. The first-order valence-corrected chi connectivity index (χ1v) is 11.4. The number of hydrazone groups is 1. The van der Waals surface area contributed by atoms with Crippen LogP contribution in [0.15, 0.2) is 89.7 Å². The molecule has 0 unspecified atom stereocenters. The summed E-state index contributed by atoms with van der Waals surface area (Å²) in [5.74, 6) is -0.156. The fraction of sp³-hybridized carbons (Fsp3) is 0.185. The third-order valence-corrected chi connectivity index (χ3v) is 5.59. The number of hydrogen-bond donors (Lipinski definition) is 2. The lowest BCUT2D eigenvalue weighted by Crippen LogP contribution is -2.21. The first-order valence-electron chi connectivity index (χ1n) is 11.0. The summed E-state index contributed by atoms with van der Waals surface area (Å²) in [6.45, 7) is 6.03. The average molecular weight is 461 g/mol. The molecule has 0 saturated heterocycles. The van der Waals surface area contributed by atoms with Crippen LogP contribution in [0.25, 0.3) is 0 Å². The van der Waals surface area contributed by atoms with E-state index in [4.69, 9.17) is 17.3 Å². The van der Waals surface area contributed by atoms with E-state index >= 15 is 0 Å². The number of anilines is 3. The van der Waals surface area contributed by atoms with Crippen LogP contribution in [0.2, 0.25) is 5.02 Å². The fourth-order valence-corrected chi connectivity index (χ4v) is 3.54. The molecule has 5 nitrogen and oxygen atoms in total. The van der Waals surface area contributed by atoms with E-state index in [1.54, 1.807) is 30.5 Å². The summed E-state index contributed by atoms with van der Waals surface area (Å²) in [6, 6.07) is 23.0. The van der Waals surface area contributed by atoms with Gasteiger partial charge in [0.15, 0.2) is 0 Å². The topological polar surface area (TPSA) is 70.7 Å². The lowest BCUT2D eigenvalue weighted by molar-refractivity contribution is -0.114. The van der Waals surface area contributed by atoms with Gasteiger partial charge in [0.25, 0.3) is 5.91 Å². The molecule has 0 atom stereocenters. The number of nitrogens with zero attached hydrogens (tertiary/aromatic N) is 2. The highest BCUT2D eigenvalue weighted by Gasteiger charge is 2.28. The second kappa shape index (κ2) is 11.3. The number of para-hydroxylation sites is 2. The van der Waals surface area contributed by atoms with Gasteiger partial charge in [0, 0.05) is 22.6 Å². The van der Waals surface area contributed by atoms with Crippen molar-refractivity contribution in [2.75, 3.05) is 16.1 Å². The van der Waals surface area contributed by atoms with Crippen molar-refractivity contribution < 1.29 is 4.79 Å². The molecular formula is C27H29ClN4O. The van der Waals surface area contributed by atoms with E-state index in [0.29, 0.717) is 22.0 Å². The van der Waals surface area contributed by atoms with Crippen molar-refractivity contribution in [1.82, 2.24) is 0 Å². The number of amides is 1. The van der Waals surface area contributed by atoms with E-state index in [-0.39, 0.29) is 5.91 Å². The Morgan fingerprint density at radius 3 is 2.15 bits per heavy atom. The molecule has 0 aromatic heterocycles. The quantitative estimate of drug-likeness (QED) is 0.339. The normalized spacial score (nSPS) is 14.1. The summed E-state index contributed by atoms with van der Waals surface area (Å²) in [4.78, 5) is 12.6. The number of hydrogen-bond acceptors (Lipinski definition) is 4. The zero-order valence-electron chi connectivity index (χ0n) is 19.2. The molecular weight excluding hydrogens is 432 g/mol. The summed E-state index contributed by atoms with van der Waals surface area (Å²) in [7, 11) is 0. The minimum Gasteiger partial charge on any atom is -0.399 e. The maximum atomic E-state index is 12.6. The van der Waals surface area contributed by atoms with Gasteiger partial charge in [-0.3, -0.25) is 4.79 Å². The molecule has 1 aliphatic rings. The molecule has 0 bridgehead atoms. The monoisotopic (exact) mass is 460 g/mol. The fourth-order valence-electron chi connectivity index (χ4n) is 3.42. The van der Waals surface area contributed by atoms with Crippen LogP contribution in [-0.2, 0) is 17.6 Å². The Morgan fingerprint density at radius 1 is 0.939 bits per heavy atom. The van der Waals surface area contributed by atoms with Crippen LogP contribution in [-0.4, -0.2) is 11.6 Å². The van der Waals surface area contributed by atoms with Crippen molar-refractivity contribution in [3.05, 3.63) is 101 Å². The molecule has 0 spiro atoms. The molecule has 0 saturated carbocycles. The van der Waals surface area contributed by atoms with Gasteiger partial charge in [-0.05, 0) is 67.3 Å². The number of aryl methyl sites for hydroxylation is 2. The van der Waals surface area contributed by atoms with Crippen molar-refractivity contribution in [2.45, 2.75) is 33.6 Å². The highest BCUT2D eigenvalue weighted by Crippen LogP contribution is 2.25. The molecule has 33 heavy (non-hydrogen) atoms. The Hall–Kier alpha value is -3.57. The van der Waals surface area contributed by atoms with Crippen LogP contribution >= 0.6 is 11.6 Å². The van der Waals surface area contributed by atoms with Crippen molar-refractivity contribution in [1.29, 1.82) is 0 Å². The van der Waals surface area contributed by atoms with Crippen LogP contribution in [0.3, 0.4) is 0 Å². The summed E-state index contributed by atoms with van der Waals surface area (Å²) >= 11 is 5.90. The van der Waals surface area contributed by atoms with Crippen LogP contribution < -0.4 is 16.1 Å².